The fourth-order valence-corrected chi connectivity index (χ4v) is 3.66. The van der Waals surface area contributed by atoms with Crippen molar-refractivity contribution in [1.82, 2.24) is 0 Å². The molecule has 2 rings (SSSR count). The maximum Gasteiger partial charge on any atom is 0.120 e. The van der Waals surface area contributed by atoms with Crippen LogP contribution in [0.4, 0.5) is 0 Å². The van der Waals surface area contributed by atoms with Gasteiger partial charge in [-0.1, -0.05) is 33.6 Å². The largest absolute Gasteiger partial charge is 0.497 e. The molecule has 4 heteroatoms. The highest BCUT2D eigenvalue weighted by molar-refractivity contribution is 9.09. The fourth-order valence-electron chi connectivity index (χ4n) is 2.18. The van der Waals surface area contributed by atoms with Crippen molar-refractivity contribution in [2.75, 3.05) is 7.11 Å². The molecule has 0 aliphatic heterocycles. The molecule has 0 N–H and O–H groups in total. The van der Waals surface area contributed by atoms with Gasteiger partial charge in [-0.3, -0.25) is 0 Å². The van der Waals surface area contributed by atoms with Gasteiger partial charge in [0.15, 0.2) is 0 Å². The monoisotopic (exact) mass is 342 g/mol. The van der Waals surface area contributed by atoms with Crippen LogP contribution >= 0.6 is 27.5 Å². The fraction of sp³-hybridized carbons (Fsp3) is 0.333. The van der Waals surface area contributed by atoms with E-state index >= 15 is 0 Å². The van der Waals surface area contributed by atoms with Crippen molar-refractivity contribution in [2.45, 2.75) is 25.6 Å². The molecule has 0 spiro atoms. The summed E-state index contributed by atoms with van der Waals surface area (Å²) in [7, 11) is 1.63. The van der Waals surface area contributed by atoms with E-state index < -0.39 is 0 Å². The smallest absolute Gasteiger partial charge is 0.120 e. The first-order valence-corrected chi connectivity index (χ1v) is 7.29. The van der Waals surface area contributed by atoms with E-state index in [0.717, 1.165) is 34.0 Å². The minimum atomic E-state index is 0.0170. The third kappa shape index (κ3) is 2.67. The summed E-state index contributed by atoms with van der Waals surface area (Å²) < 4.78 is 10.8. The van der Waals surface area contributed by atoms with Crippen LogP contribution in [-0.2, 0) is 0 Å². The zero-order chi connectivity index (χ0) is 14.2. The van der Waals surface area contributed by atoms with Crippen molar-refractivity contribution in [3.63, 3.8) is 0 Å². The second-order valence-corrected chi connectivity index (χ2v) is 5.83. The molecular weight excluding hydrogens is 328 g/mol. The Morgan fingerprint density at radius 3 is 2.37 bits per heavy atom. The molecule has 1 unspecified atom stereocenters. The Bertz CT molecular complexity index is 604. The average Bonchev–Trinajstić information content (AvgIpc) is 2.62. The molecule has 1 aromatic heterocycles. The zero-order valence-corrected chi connectivity index (χ0v) is 13.7. The Balaban J connectivity index is 2.47. The Morgan fingerprint density at radius 2 is 1.89 bits per heavy atom. The van der Waals surface area contributed by atoms with Crippen molar-refractivity contribution in [3.05, 3.63) is 51.4 Å². The molecule has 102 valence electrons. The summed E-state index contributed by atoms with van der Waals surface area (Å²) in [5.74, 6) is 2.62. The summed E-state index contributed by atoms with van der Waals surface area (Å²) in [6, 6.07) is 5.71. The van der Waals surface area contributed by atoms with Crippen molar-refractivity contribution >= 4 is 27.5 Å². The van der Waals surface area contributed by atoms with Crippen LogP contribution in [0.1, 0.15) is 33.0 Å². The SMILES string of the molecule is COc1ccc(C(Br)c2c(C)oc(C)c2C)c(Cl)c1. The lowest BCUT2D eigenvalue weighted by Crippen LogP contribution is -1.97. The third-order valence-electron chi connectivity index (χ3n) is 3.35. The first-order valence-electron chi connectivity index (χ1n) is 5.99. The molecule has 1 aromatic carbocycles. The summed E-state index contributed by atoms with van der Waals surface area (Å²) in [6.07, 6.45) is 0. The van der Waals surface area contributed by atoms with Gasteiger partial charge < -0.3 is 9.15 Å². The third-order valence-corrected chi connectivity index (χ3v) is 4.63. The molecule has 1 heterocycles. The van der Waals surface area contributed by atoms with Crippen LogP contribution in [-0.4, -0.2) is 7.11 Å². The highest BCUT2D eigenvalue weighted by atomic mass is 79.9. The van der Waals surface area contributed by atoms with Gasteiger partial charge in [0.2, 0.25) is 0 Å². The van der Waals surface area contributed by atoms with Gasteiger partial charge in [-0.25, -0.2) is 0 Å². The standard InChI is InChI=1S/C15H16BrClO2/c1-8-9(2)19-10(3)14(8)15(16)12-6-5-11(18-4)7-13(12)17/h5-7,15H,1-4H3. The van der Waals surface area contributed by atoms with Gasteiger partial charge in [-0.15, -0.1) is 0 Å². The second-order valence-electron chi connectivity index (χ2n) is 4.50. The van der Waals surface area contributed by atoms with Gasteiger partial charge in [0.25, 0.3) is 0 Å². The number of alkyl halides is 1. The Hall–Kier alpha value is -0.930. The Labute approximate surface area is 126 Å². The molecule has 19 heavy (non-hydrogen) atoms. The lowest BCUT2D eigenvalue weighted by Gasteiger charge is -2.13. The quantitative estimate of drug-likeness (QED) is 0.701. The zero-order valence-electron chi connectivity index (χ0n) is 11.4. The van der Waals surface area contributed by atoms with Gasteiger partial charge in [-0.2, -0.15) is 0 Å². The first-order chi connectivity index (χ1) is 8.95. The number of hydrogen-bond donors (Lipinski definition) is 0. The van der Waals surface area contributed by atoms with Crippen LogP contribution in [0.3, 0.4) is 0 Å². The lowest BCUT2D eigenvalue weighted by atomic mass is 10.0. The summed E-state index contributed by atoms with van der Waals surface area (Å²) in [5.41, 5.74) is 3.31. The number of benzene rings is 1. The van der Waals surface area contributed by atoms with E-state index in [9.17, 15) is 0 Å². The predicted molar refractivity (Wildman–Crippen MR) is 81.7 cm³/mol. The molecule has 0 saturated carbocycles. The van der Waals surface area contributed by atoms with Crippen LogP contribution in [0, 0.1) is 20.8 Å². The van der Waals surface area contributed by atoms with Gasteiger partial charge in [-0.05, 0) is 44.0 Å². The Kier molecular flexibility index (Phi) is 4.26. The lowest BCUT2D eigenvalue weighted by molar-refractivity contribution is 0.414. The number of rotatable bonds is 3. The van der Waals surface area contributed by atoms with E-state index in [1.807, 2.05) is 32.0 Å². The van der Waals surface area contributed by atoms with Crippen molar-refractivity contribution in [3.8, 4) is 5.75 Å². The normalized spacial score (nSPS) is 12.5. The molecular formula is C15H16BrClO2. The molecule has 0 saturated heterocycles. The van der Waals surface area contributed by atoms with E-state index in [0.29, 0.717) is 5.02 Å². The average molecular weight is 344 g/mol. The number of hydrogen-bond acceptors (Lipinski definition) is 2. The number of furan rings is 1. The molecule has 2 aromatic rings. The molecule has 0 fully saturated rings. The topological polar surface area (TPSA) is 22.4 Å². The van der Waals surface area contributed by atoms with Crippen LogP contribution in [0.2, 0.25) is 5.02 Å². The van der Waals surface area contributed by atoms with Crippen LogP contribution in [0.15, 0.2) is 22.6 Å². The number of ether oxygens (including phenoxy) is 1. The molecule has 2 nitrogen and oxygen atoms in total. The van der Waals surface area contributed by atoms with Gasteiger partial charge in [0.05, 0.1) is 11.9 Å². The highest BCUT2D eigenvalue weighted by Crippen LogP contribution is 2.41. The van der Waals surface area contributed by atoms with Crippen molar-refractivity contribution < 1.29 is 9.15 Å². The van der Waals surface area contributed by atoms with E-state index in [1.54, 1.807) is 7.11 Å². The maximum atomic E-state index is 6.32. The number of methoxy groups -OCH3 is 1. The molecule has 0 aliphatic rings. The van der Waals surface area contributed by atoms with Gasteiger partial charge in [0, 0.05) is 10.6 Å². The highest BCUT2D eigenvalue weighted by Gasteiger charge is 2.22. The molecule has 0 radical (unpaired) electrons. The summed E-state index contributed by atoms with van der Waals surface area (Å²) in [6.45, 7) is 6.01. The minimum absolute atomic E-state index is 0.0170. The van der Waals surface area contributed by atoms with Gasteiger partial charge in [0.1, 0.15) is 17.3 Å². The van der Waals surface area contributed by atoms with E-state index in [4.69, 9.17) is 20.8 Å². The Morgan fingerprint density at radius 1 is 1.21 bits per heavy atom. The second kappa shape index (κ2) is 5.59. The predicted octanol–water partition coefficient (Wildman–Crippen LogP) is 5.35. The molecule has 0 bridgehead atoms. The van der Waals surface area contributed by atoms with Gasteiger partial charge >= 0.3 is 0 Å². The number of halogens is 2. The molecule has 0 amide bonds. The van der Waals surface area contributed by atoms with E-state index in [-0.39, 0.29) is 4.83 Å². The maximum absolute atomic E-state index is 6.32. The van der Waals surface area contributed by atoms with Crippen molar-refractivity contribution in [2.24, 2.45) is 0 Å². The van der Waals surface area contributed by atoms with Crippen LogP contribution in [0.5, 0.6) is 5.75 Å². The molecule has 0 aliphatic carbocycles. The van der Waals surface area contributed by atoms with E-state index in [1.165, 1.54) is 0 Å². The summed E-state index contributed by atoms with van der Waals surface area (Å²) >= 11 is 10.0. The summed E-state index contributed by atoms with van der Waals surface area (Å²) in [4.78, 5) is 0.0170. The van der Waals surface area contributed by atoms with Crippen LogP contribution in [0.25, 0.3) is 0 Å². The number of aryl methyl sites for hydroxylation is 2. The first kappa shape index (κ1) is 14.5. The van der Waals surface area contributed by atoms with Crippen molar-refractivity contribution in [1.29, 1.82) is 0 Å². The van der Waals surface area contributed by atoms with Crippen LogP contribution < -0.4 is 4.74 Å². The summed E-state index contributed by atoms with van der Waals surface area (Å²) in [5, 5.41) is 0.680. The van der Waals surface area contributed by atoms with E-state index in [2.05, 4.69) is 22.9 Å². The molecule has 1 atom stereocenters. The minimum Gasteiger partial charge on any atom is -0.497 e.